The van der Waals surface area contributed by atoms with E-state index in [2.05, 4.69) is 31.4 Å². The molecule has 6 heteroatoms. The number of anilines is 1. The van der Waals surface area contributed by atoms with E-state index in [1.807, 2.05) is 24.3 Å². The molecule has 3 rings (SSSR count). The van der Waals surface area contributed by atoms with Gasteiger partial charge in [-0.05, 0) is 61.1 Å². The summed E-state index contributed by atoms with van der Waals surface area (Å²) in [5, 5.41) is 5.98. The van der Waals surface area contributed by atoms with Crippen LogP contribution in [0.1, 0.15) is 56.5 Å². The van der Waals surface area contributed by atoms with Gasteiger partial charge in [-0.2, -0.15) is 0 Å². The van der Waals surface area contributed by atoms with Crippen molar-refractivity contribution < 1.29 is 14.3 Å². The summed E-state index contributed by atoms with van der Waals surface area (Å²) in [5.41, 5.74) is 2.17. The number of amides is 2. The zero-order valence-corrected chi connectivity index (χ0v) is 18.0. The van der Waals surface area contributed by atoms with E-state index in [9.17, 15) is 9.59 Å². The summed E-state index contributed by atoms with van der Waals surface area (Å²) in [6.45, 7) is 8.12. The highest BCUT2D eigenvalue weighted by atomic mass is 35.5. The highest BCUT2D eigenvalue weighted by molar-refractivity contribution is 6.34. The summed E-state index contributed by atoms with van der Waals surface area (Å²) < 4.78 is 5.75. The molecule has 5 nitrogen and oxygen atoms in total. The molecule has 154 valence electrons. The maximum Gasteiger partial charge on any atom is 0.265 e. The van der Waals surface area contributed by atoms with Crippen molar-refractivity contribution in [2.45, 2.75) is 58.1 Å². The van der Waals surface area contributed by atoms with Gasteiger partial charge in [0.15, 0.2) is 6.10 Å². The zero-order chi connectivity index (χ0) is 21.2. The Kier molecular flexibility index (Phi) is 6.18. The van der Waals surface area contributed by atoms with Crippen molar-refractivity contribution in [3.63, 3.8) is 0 Å². The molecule has 2 aromatic carbocycles. The molecule has 0 radical (unpaired) electrons. The van der Waals surface area contributed by atoms with Crippen molar-refractivity contribution in [3.8, 4) is 5.75 Å². The predicted molar refractivity (Wildman–Crippen MR) is 116 cm³/mol. The molecule has 1 aliphatic rings. The molecule has 29 heavy (non-hydrogen) atoms. The maximum absolute atomic E-state index is 12.5. The van der Waals surface area contributed by atoms with Crippen molar-refractivity contribution in [1.29, 1.82) is 0 Å². The minimum Gasteiger partial charge on any atom is -0.481 e. The van der Waals surface area contributed by atoms with Crippen LogP contribution in [-0.2, 0) is 10.2 Å². The third kappa shape index (κ3) is 5.73. The van der Waals surface area contributed by atoms with Crippen LogP contribution in [0.25, 0.3) is 0 Å². The van der Waals surface area contributed by atoms with E-state index in [1.165, 1.54) is 5.56 Å². The van der Waals surface area contributed by atoms with Crippen LogP contribution in [0.5, 0.6) is 5.75 Å². The Labute approximate surface area is 176 Å². The zero-order valence-electron chi connectivity index (χ0n) is 17.2. The molecular weight excluding hydrogens is 388 g/mol. The molecule has 0 spiro atoms. The van der Waals surface area contributed by atoms with Crippen molar-refractivity contribution in [1.82, 2.24) is 5.32 Å². The fourth-order valence-corrected chi connectivity index (χ4v) is 3.07. The molecule has 2 aromatic rings. The number of carbonyl (C=O) groups excluding carboxylic acids is 2. The van der Waals surface area contributed by atoms with Gasteiger partial charge in [-0.25, -0.2) is 0 Å². The maximum atomic E-state index is 12.5. The van der Waals surface area contributed by atoms with Crippen LogP contribution in [0.3, 0.4) is 0 Å². The van der Waals surface area contributed by atoms with E-state index in [4.69, 9.17) is 16.3 Å². The van der Waals surface area contributed by atoms with Gasteiger partial charge < -0.3 is 15.4 Å². The Morgan fingerprint density at radius 1 is 1.10 bits per heavy atom. The van der Waals surface area contributed by atoms with Gasteiger partial charge in [0, 0.05) is 11.7 Å². The number of hydrogen-bond acceptors (Lipinski definition) is 3. The summed E-state index contributed by atoms with van der Waals surface area (Å²) in [4.78, 5) is 24.6. The Morgan fingerprint density at radius 3 is 2.31 bits per heavy atom. The molecule has 1 aliphatic carbocycles. The molecule has 0 heterocycles. The van der Waals surface area contributed by atoms with Crippen LogP contribution in [0.15, 0.2) is 42.5 Å². The van der Waals surface area contributed by atoms with Crippen LogP contribution < -0.4 is 15.4 Å². The first-order valence-electron chi connectivity index (χ1n) is 9.82. The van der Waals surface area contributed by atoms with Crippen LogP contribution >= 0.6 is 11.6 Å². The van der Waals surface area contributed by atoms with Crippen LogP contribution in [0.4, 0.5) is 5.69 Å². The number of nitrogens with one attached hydrogen (secondary N) is 2. The van der Waals surface area contributed by atoms with Crippen LogP contribution in [0, 0.1) is 0 Å². The van der Waals surface area contributed by atoms with Gasteiger partial charge >= 0.3 is 0 Å². The molecular formula is C23H27ClN2O3. The number of hydrogen-bond donors (Lipinski definition) is 2. The first-order chi connectivity index (χ1) is 13.6. The molecule has 0 aromatic heterocycles. The Morgan fingerprint density at radius 2 is 1.76 bits per heavy atom. The Hall–Kier alpha value is -2.53. The lowest BCUT2D eigenvalue weighted by molar-refractivity contribution is -0.122. The van der Waals surface area contributed by atoms with E-state index >= 15 is 0 Å². The van der Waals surface area contributed by atoms with Gasteiger partial charge in [0.25, 0.3) is 11.8 Å². The quantitative estimate of drug-likeness (QED) is 0.703. The summed E-state index contributed by atoms with van der Waals surface area (Å²) in [5.74, 6) is 0.146. The van der Waals surface area contributed by atoms with Crippen LogP contribution in [0.2, 0.25) is 5.02 Å². The van der Waals surface area contributed by atoms with Gasteiger partial charge in [0.05, 0.1) is 10.6 Å². The minimum atomic E-state index is -0.688. The number of rotatable bonds is 6. The van der Waals surface area contributed by atoms with Crippen LogP contribution in [-0.4, -0.2) is 24.0 Å². The normalized spacial score (nSPS) is 14.8. The molecule has 2 amide bonds. The molecule has 1 atom stereocenters. The molecule has 1 fully saturated rings. The fraction of sp³-hybridized carbons (Fsp3) is 0.391. The highest BCUT2D eigenvalue weighted by Gasteiger charge is 2.25. The van der Waals surface area contributed by atoms with Crippen molar-refractivity contribution in [2.24, 2.45) is 0 Å². The Bertz CT molecular complexity index is 899. The standard InChI is InChI=1S/C23H27ClN2O3/c1-14(29-18-10-5-15(6-11-18)23(2,3)4)21(27)26-17-9-12-19(20(24)13-17)22(28)25-16-7-8-16/h5-6,9-14,16H,7-8H2,1-4H3,(H,25,28)(H,26,27). The summed E-state index contributed by atoms with van der Waals surface area (Å²) >= 11 is 6.23. The van der Waals surface area contributed by atoms with Crippen molar-refractivity contribution >= 4 is 29.1 Å². The lowest BCUT2D eigenvalue weighted by atomic mass is 9.87. The third-order valence-corrected chi connectivity index (χ3v) is 5.11. The second-order valence-corrected chi connectivity index (χ2v) is 8.87. The summed E-state index contributed by atoms with van der Waals surface area (Å²) in [6, 6.07) is 12.9. The van der Waals surface area contributed by atoms with Crippen molar-refractivity contribution in [3.05, 3.63) is 58.6 Å². The number of halogens is 1. The molecule has 0 aliphatic heterocycles. The van der Waals surface area contributed by atoms with Gasteiger partial charge in [-0.3, -0.25) is 9.59 Å². The lowest BCUT2D eigenvalue weighted by Crippen LogP contribution is -2.30. The number of benzene rings is 2. The molecule has 1 unspecified atom stereocenters. The minimum absolute atomic E-state index is 0.0580. The third-order valence-electron chi connectivity index (χ3n) is 4.80. The second-order valence-electron chi connectivity index (χ2n) is 8.47. The van der Waals surface area contributed by atoms with E-state index in [0.717, 1.165) is 12.8 Å². The Balaban J connectivity index is 1.59. The van der Waals surface area contributed by atoms with Gasteiger partial charge in [0.2, 0.25) is 0 Å². The summed E-state index contributed by atoms with van der Waals surface area (Å²) in [7, 11) is 0. The molecule has 1 saturated carbocycles. The predicted octanol–water partition coefficient (Wildman–Crippen LogP) is 4.94. The average Bonchev–Trinajstić information content (AvgIpc) is 3.45. The van der Waals surface area contributed by atoms with Crippen molar-refractivity contribution in [2.75, 3.05) is 5.32 Å². The fourth-order valence-electron chi connectivity index (χ4n) is 2.80. The first-order valence-corrected chi connectivity index (χ1v) is 10.2. The van der Waals surface area contributed by atoms with E-state index in [-0.39, 0.29) is 23.3 Å². The SMILES string of the molecule is CC(Oc1ccc(C(C)(C)C)cc1)C(=O)Nc1ccc(C(=O)NC2CC2)c(Cl)c1. The smallest absolute Gasteiger partial charge is 0.265 e. The van der Waals surface area contributed by atoms with E-state index in [1.54, 1.807) is 25.1 Å². The van der Waals surface area contributed by atoms with E-state index < -0.39 is 6.10 Å². The second kappa shape index (κ2) is 8.46. The molecule has 0 saturated heterocycles. The van der Waals surface area contributed by atoms with Gasteiger partial charge in [0.1, 0.15) is 5.75 Å². The largest absolute Gasteiger partial charge is 0.481 e. The highest BCUT2D eigenvalue weighted by Crippen LogP contribution is 2.26. The first kappa shape index (κ1) is 21.2. The lowest BCUT2D eigenvalue weighted by Gasteiger charge is -2.20. The monoisotopic (exact) mass is 414 g/mol. The van der Waals surface area contributed by atoms with Gasteiger partial charge in [-0.15, -0.1) is 0 Å². The average molecular weight is 415 g/mol. The van der Waals surface area contributed by atoms with Gasteiger partial charge in [-0.1, -0.05) is 44.5 Å². The molecule has 2 N–H and O–H groups in total. The van der Waals surface area contributed by atoms with E-state index in [0.29, 0.717) is 22.0 Å². The molecule has 0 bridgehead atoms. The number of ether oxygens (including phenoxy) is 1. The topological polar surface area (TPSA) is 67.4 Å². The number of carbonyl (C=O) groups is 2. The summed E-state index contributed by atoms with van der Waals surface area (Å²) in [6.07, 6.45) is 1.33.